The Kier molecular flexibility index (Phi) is 11.5. The number of amides is 4. The smallest absolute Gasteiger partial charge is 0.407 e. The standard InChI is InChI=1S/C35H41N5O9/c1-20(41)40(45)31(36)21-6-12-25(13-7-21)47-27-16-22(17-28(18-27)48-30-15-14-26(46-5)19-29(30)32(37)42)33(43)38-23-8-10-24(11-9-23)39-34(44)49-35(2,3)4/h6-7,12-19,23-24,36,45H,8-11H2,1-5H3,(H2,37,42)(H,38,43)(H,39,44). The second-order valence-corrected chi connectivity index (χ2v) is 12.5. The summed E-state index contributed by atoms with van der Waals surface area (Å²) in [6, 6.07) is 15.0. The molecular formula is C35H41N5O9. The summed E-state index contributed by atoms with van der Waals surface area (Å²) in [5, 5.41) is 24.0. The number of benzene rings is 3. The van der Waals surface area contributed by atoms with Crippen molar-refractivity contribution in [1.82, 2.24) is 15.7 Å². The molecule has 0 spiro atoms. The van der Waals surface area contributed by atoms with Crippen molar-refractivity contribution in [1.29, 1.82) is 5.41 Å². The van der Waals surface area contributed by atoms with Crippen LogP contribution >= 0.6 is 0 Å². The molecule has 1 saturated carbocycles. The maximum absolute atomic E-state index is 13.6. The van der Waals surface area contributed by atoms with Crippen molar-refractivity contribution in [3.05, 3.63) is 77.4 Å². The zero-order chi connectivity index (χ0) is 35.9. The van der Waals surface area contributed by atoms with Gasteiger partial charge in [-0.15, -0.1) is 0 Å². The third kappa shape index (κ3) is 10.2. The van der Waals surface area contributed by atoms with Gasteiger partial charge in [-0.1, -0.05) is 0 Å². The summed E-state index contributed by atoms with van der Waals surface area (Å²) < 4.78 is 22.7. The largest absolute Gasteiger partial charge is 0.497 e. The molecule has 3 aromatic carbocycles. The highest BCUT2D eigenvalue weighted by molar-refractivity contribution is 6.04. The first-order valence-electron chi connectivity index (χ1n) is 15.6. The van der Waals surface area contributed by atoms with Crippen molar-refractivity contribution in [2.75, 3.05) is 7.11 Å². The Bertz CT molecular complexity index is 1710. The Hall–Kier alpha value is -5.63. The van der Waals surface area contributed by atoms with Crippen LogP contribution in [0.3, 0.4) is 0 Å². The molecule has 0 aliphatic heterocycles. The van der Waals surface area contributed by atoms with Gasteiger partial charge in [-0.3, -0.25) is 25.0 Å². The van der Waals surface area contributed by atoms with E-state index in [2.05, 4.69) is 10.6 Å². The number of nitrogens with one attached hydrogen (secondary N) is 3. The fourth-order valence-electron chi connectivity index (χ4n) is 5.09. The Morgan fingerprint density at radius 3 is 1.94 bits per heavy atom. The number of hydrogen-bond acceptors (Lipinski definition) is 10. The first-order valence-corrected chi connectivity index (χ1v) is 15.6. The zero-order valence-corrected chi connectivity index (χ0v) is 28.0. The summed E-state index contributed by atoms with van der Waals surface area (Å²) in [6.07, 6.45) is 2.11. The maximum atomic E-state index is 13.6. The highest BCUT2D eigenvalue weighted by Gasteiger charge is 2.26. The summed E-state index contributed by atoms with van der Waals surface area (Å²) in [5.41, 5.74) is 5.53. The predicted octanol–water partition coefficient (Wildman–Crippen LogP) is 5.51. The number of rotatable bonds is 10. The Labute approximate surface area is 283 Å². The number of methoxy groups -OCH3 is 1. The van der Waals surface area contributed by atoms with Gasteiger partial charge in [0.05, 0.1) is 12.7 Å². The van der Waals surface area contributed by atoms with Gasteiger partial charge in [-0.2, -0.15) is 5.06 Å². The van der Waals surface area contributed by atoms with E-state index in [9.17, 15) is 24.4 Å². The number of ether oxygens (including phenoxy) is 4. The van der Waals surface area contributed by atoms with Crippen LogP contribution in [0, 0.1) is 5.41 Å². The molecule has 49 heavy (non-hydrogen) atoms. The molecule has 0 atom stereocenters. The molecule has 6 N–H and O–H groups in total. The van der Waals surface area contributed by atoms with Gasteiger partial charge < -0.3 is 35.3 Å². The summed E-state index contributed by atoms with van der Waals surface area (Å²) in [4.78, 5) is 49.4. The van der Waals surface area contributed by atoms with Crippen molar-refractivity contribution in [3.63, 3.8) is 0 Å². The fraction of sp³-hybridized carbons (Fsp3) is 0.343. The fourth-order valence-corrected chi connectivity index (χ4v) is 5.09. The SMILES string of the molecule is COc1ccc(Oc2cc(Oc3ccc(C(=N)N(O)C(C)=O)cc3)cc(C(=O)NC3CCC(NC(=O)OC(C)(C)C)CC3)c2)c(C(N)=O)c1. The van der Waals surface area contributed by atoms with Gasteiger partial charge in [0.2, 0.25) is 5.91 Å². The van der Waals surface area contributed by atoms with E-state index < -0.39 is 29.3 Å². The molecule has 4 rings (SSSR count). The van der Waals surface area contributed by atoms with E-state index in [0.29, 0.717) is 37.2 Å². The monoisotopic (exact) mass is 675 g/mol. The van der Waals surface area contributed by atoms with Gasteiger partial charge in [-0.05, 0) is 101 Å². The van der Waals surface area contributed by atoms with Crippen LogP contribution in [0.1, 0.15) is 79.7 Å². The topological polar surface area (TPSA) is 203 Å². The second kappa shape index (κ2) is 15.5. The first kappa shape index (κ1) is 36.2. The number of alkyl carbamates (subject to hydrolysis) is 1. The Morgan fingerprint density at radius 2 is 1.39 bits per heavy atom. The molecule has 1 aliphatic carbocycles. The second-order valence-electron chi connectivity index (χ2n) is 12.5. The molecule has 4 amide bonds. The number of nitrogens with two attached hydrogens (primary N) is 1. The van der Waals surface area contributed by atoms with Crippen molar-refractivity contribution >= 4 is 29.7 Å². The molecule has 0 heterocycles. The number of carbonyl (C=O) groups is 4. The van der Waals surface area contributed by atoms with E-state index >= 15 is 0 Å². The van der Waals surface area contributed by atoms with Gasteiger partial charge in [0.1, 0.15) is 34.3 Å². The van der Waals surface area contributed by atoms with Crippen molar-refractivity contribution < 1.29 is 43.3 Å². The third-order valence-electron chi connectivity index (χ3n) is 7.48. The van der Waals surface area contributed by atoms with Crippen LogP contribution in [0.5, 0.6) is 28.7 Å². The van der Waals surface area contributed by atoms with Gasteiger partial charge in [0.15, 0.2) is 5.84 Å². The van der Waals surface area contributed by atoms with Crippen LogP contribution in [-0.2, 0) is 9.53 Å². The number of carbonyl (C=O) groups excluding carboxylic acids is 4. The minimum Gasteiger partial charge on any atom is -0.497 e. The van der Waals surface area contributed by atoms with E-state index in [4.69, 9.17) is 30.1 Å². The highest BCUT2D eigenvalue weighted by atomic mass is 16.6. The van der Waals surface area contributed by atoms with Crippen LogP contribution in [0.2, 0.25) is 0 Å². The van der Waals surface area contributed by atoms with Crippen molar-refractivity contribution in [3.8, 4) is 28.7 Å². The molecule has 14 heteroatoms. The molecule has 0 saturated heterocycles. The number of hydroxylamine groups is 2. The molecule has 1 aliphatic rings. The zero-order valence-electron chi connectivity index (χ0n) is 28.0. The van der Waals surface area contributed by atoms with E-state index in [1.165, 1.54) is 61.7 Å². The summed E-state index contributed by atoms with van der Waals surface area (Å²) >= 11 is 0. The van der Waals surface area contributed by atoms with Crippen molar-refractivity contribution in [2.24, 2.45) is 5.73 Å². The number of primary amides is 1. The number of hydrogen-bond donors (Lipinski definition) is 5. The van der Waals surface area contributed by atoms with Crippen LogP contribution in [0.25, 0.3) is 0 Å². The number of amidine groups is 1. The molecule has 0 radical (unpaired) electrons. The van der Waals surface area contributed by atoms with E-state index in [0.717, 1.165) is 6.92 Å². The average Bonchev–Trinajstić information content (AvgIpc) is 3.04. The summed E-state index contributed by atoms with van der Waals surface area (Å²) in [6.45, 7) is 6.53. The van der Waals surface area contributed by atoms with Gasteiger partial charge in [0.25, 0.3) is 11.8 Å². The van der Waals surface area contributed by atoms with Crippen LogP contribution < -0.4 is 30.6 Å². The minimum atomic E-state index is -0.743. The molecule has 14 nitrogen and oxygen atoms in total. The summed E-state index contributed by atoms with van der Waals surface area (Å²) in [5.74, 6) is -0.998. The third-order valence-corrected chi connectivity index (χ3v) is 7.48. The van der Waals surface area contributed by atoms with Gasteiger partial charge >= 0.3 is 6.09 Å². The normalized spacial score (nSPS) is 15.7. The molecule has 1 fully saturated rings. The molecule has 3 aromatic rings. The minimum absolute atomic E-state index is 0.0648. The number of nitrogens with zero attached hydrogens (tertiary/aromatic N) is 1. The molecule has 0 aromatic heterocycles. The lowest BCUT2D eigenvalue weighted by molar-refractivity contribution is -0.146. The predicted molar refractivity (Wildman–Crippen MR) is 179 cm³/mol. The van der Waals surface area contributed by atoms with E-state index in [-0.39, 0.29) is 57.0 Å². The van der Waals surface area contributed by atoms with Gasteiger partial charge in [-0.25, -0.2) is 4.79 Å². The van der Waals surface area contributed by atoms with E-state index in [1.807, 2.05) is 0 Å². The first-order chi connectivity index (χ1) is 23.1. The molecule has 0 bridgehead atoms. The molecule has 260 valence electrons. The quantitative estimate of drug-likeness (QED) is 0.0795. The average molecular weight is 676 g/mol. The lowest BCUT2D eigenvalue weighted by Crippen LogP contribution is -2.45. The lowest BCUT2D eigenvalue weighted by Gasteiger charge is -2.30. The molecular weight excluding hydrogens is 634 g/mol. The van der Waals surface area contributed by atoms with Crippen molar-refractivity contribution in [2.45, 2.75) is 71.1 Å². The molecule has 0 unspecified atom stereocenters. The van der Waals surface area contributed by atoms with Gasteiger partial charge in [0, 0.05) is 36.2 Å². The summed E-state index contributed by atoms with van der Waals surface area (Å²) in [7, 11) is 1.45. The maximum Gasteiger partial charge on any atom is 0.407 e. The van der Waals surface area contributed by atoms with E-state index in [1.54, 1.807) is 26.8 Å². The van der Waals surface area contributed by atoms with Crippen LogP contribution in [0.4, 0.5) is 4.79 Å². The Morgan fingerprint density at radius 1 is 0.816 bits per heavy atom. The van der Waals surface area contributed by atoms with Crippen LogP contribution in [-0.4, -0.2) is 64.7 Å². The van der Waals surface area contributed by atoms with Crippen LogP contribution in [0.15, 0.2) is 60.7 Å². The highest BCUT2D eigenvalue weighted by Crippen LogP contribution is 2.34. The lowest BCUT2D eigenvalue weighted by atomic mass is 9.91. The Balaban J connectivity index is 1.54.